The van der Waals surface area contributed by atoms with Gasteiger partial charge in [0.2, 0.25) is 0 Å². The summed E-state index contributed by atoms with van der Waals surface area (Å²) < 4.78 is 0. The Morgan fingerprint density at radius 3 is 2.13 bits per heavy atom. The Bertz CT molecular complexity index is 167. The minimum atomic E-state index is 0.160. The maximum absolute atomic E-state index is 6.43. The van der Waals surface area contributed by atoms with Crippen molar-refractivity contribution in [1.29, 1.82) is 0 Å². The Balaban J connectivity index is 2.40. The lowest BCUT2D eigenvalue weighted by molar-refractivity contribution is 0.329. The predicted octanol–water partition coefficient (Wildman–Crippen LogP) is 4.25. The van der Waals surface area contributed by atoms with Crippen LogP contribution in [0.2, 0.25) is 0 Å². The molecule has 0 saturated heterocycles. The van der Waals surface area contributed by atoms with Crippen molar-refractivity contribution in [2.45, 2.75) is 83.6 Å². The molecule has 1 heteroatoms. The van der Waals surface area contributed by atoms with Crippen LogP contribution in [0.4, 0.5) is 0 Å². The van der Waals surface area contributed by atoms with Gasteiger partial charge in [0, 0.05) is 5.54 Å². The summed E-state index contributed by atoms with van der Waals surface area (Å²) in [6, 6.07) is 0. The van der Waals surface area contributed by atoms with Crippen LogP contribution in [0.3, 0.4) is 0 Å². The number of hydrogen-bond donors (Lipinski definition) is 1. The summed E-state index contributed by atoms with van der Waals surface area (Å²) >= 11 is 0. The van der Waals surface area contributed by atoms with Gasteiger partial charge in [-0.3, -0.25) is 0 Å². The topological polar surface area (TPSA) is 26.0 Å². The van der Waals surface area contributed by atoms with Crippen LogP contribution in [-0.2, 0) is 0 Å². The van der Waals surface area contributed by atoms with Gasteiger partial charge in [0.1, 0.15) is 0 Å². The zero-order valence-corrected chi connectivity index (χ0v) is 10.7. The van der Waals surface area contributed by atoms with Gasteiger partial charge in [-0.1, -0.05) is 58.8 Å². The highest BCUT2D eigenvalue weighted by molar-refractivity contribution is 4.82. The lowest BCUT2D eigenvalue weighted by Gasteiger charge is -2.28. The summed E-state index contributed by atoms with van der Waals surface area (Å²) in [6.07, 6.45) is 13.4. The highest BCUT2D eigenvalue weighted by Crippen LogP contribution is 2.26. The first-order valence-electron chi connectivity index (χ1n) is 6.95. The van der Waals surface area contributed by atoms with Crippen molar-refractivity contribution in [3.05, 3.63) is 0 Å². The minimum Gasteiger partial charge on any atom is -0.325 e. The lowest BCUT2D eigenvalue weighted by Crippen LogP contribution is -2.38. The summed E-state index contributed by atoms with van der Waals surface area (Å²) in [5, 5.41) is 0. The molecular weight excluding hydrogens is 182 g/mol. The zero-order chi connectivity index (χ0) is 11.1. The van der Waals surface area contributed by atoms with Crippen LogP contribution in [0.15, 0.2) is 0 Å². The highest BCUT2D eigenvalue weighted by atomic mass is 14.7. The molecule has 0 aliphatic heterocycles. The van der Waals surface area contributed by atoms with E-state index in [1.54, 1.807) is 0 Å². The Kier molecular flexibility index (Phi) is 5.66. The summed E-state index contributed by atoms with van der Waals surface area (Å²) in [5.41, 5.74) is 6.59. The van der Waals surface area contributed by atoms with E-state index in [1.165, 1.54) is 57.8 Å². The second kappa shape index (κ2) is 6.52. The molecule has 1 saturated carbocycles. The van der Waals surface area contributed by atoms with E-state index < -0.39 is 0 Å². The number of hydrogen-bond acceptors (Lipinski definition) is 1. The fraction of sp³-hybridized carbons (Fsp3) is 1.00. The van der Waals surface area contributed by atoms with Crippen molar-refractivity contribution >= 4 is 0 Å². The summed E-state index contributed by atoms with van der Waals surface area (Å²) in [6.45, 7) is 4.66. The summed E-state index contributed by atoms with van der Waals surface area (Å²) in [4.78, 5) is 0. The SMILES string of the molecule is CCC1(N)CCCCCC(C)CCCC1. The van der Waals surface area contributed by atoms with Gasteiger partial charge in [-0.25, -0.2) is 0 Å². The standard InChI is InChI=1S/C14H29N/c1-3-14(15)11-7-4-5-9-13(2)10-6-8-12-14/h13H,3-12,15H2,1-2H3. The average Bonchev–Trinajstić information content (AvgIpc) is 2.26. The normalized spacial score (nSPS) is 35.8. The van der Waals surface area contributed by atoms with Crippen LogP contribution in [-0.4, -0.2) is 5.54 Å². The Morgan fingerprint density at radius 1 is 1.00 bits per heavy atom. The van der Waals surface area contributed by atoms with Gasteiger partial charge in [0.25, 0.3) is 0 Å². The zero-order valence-electron chi connectivity index (χ0n) is 10.7. The first-order chi connectivity index (χ1) is 7.16. The largest absolute Gasteiger partial charge is 0.325 e. The van der Waals surface area contributed by atoms with Gasteiger partial charge in [-0.15, -0.1) is 0 Å². The first-order valence-corrected chi connectivity index (χ1v) is 6.95. The average molecular weight is 211 g/mol. The molecule has 0 aromatic rings. The fourth-order valence-corrected chi connectivity index (χ4v) is 2.74. The van der Waals surface area contributed by atoms with Gasteiger partial charge < -0.3 is 5.73 Å². The van der Waals surface area contributed by atoms with Crippen molar-refractivity contribution in [3.8, 4) is 0 Å². The number of nitrogens with two attached hydrogens (primary N) is 1. The molecular formula is C14H29N. The molecule has 1 aliphatic rings. The third-order valence-electron chi connectivity index (χ3n) is 4.20. The molecule has 1 aliphatic carbocycles. The molecule has 0 aromatic heterocycles. The summed E-state index contributed by atoms with van der Waals surface area (Å²) in [7, 11) is 0. The molecule has 1 rings (SSSR count). The van der Waals surface area contributed by atoms with E-state index in [2.05, 4.69) is 13.8 Å². The quantitative estimate of drug-likeness (QED) is 0.689. The number of rotatable bonds is 1. The van der Waals surface area contributed by atoms with Crippen LogP contribution in [0, 0.1) is 5.92 Å². The van der Waals surface area contributed by atoms with Crippen molar-refractivity contribution in [3.63, 3.8) is 0 Å². The van der Waals surface area contributed by atoms with Crippen LogP contribution in [0.25, 0.3) is 0 Å². The van der Waals surface area contributed by atoms with E-state index >= 15 is 0 Å². The van der Waals surface area contributed by atoms with Crippen LogP contribution in [0.1, 0.15) is 78.1 Å². The van der Waals surface area contributed by atoms with Gasteiger partial charge >= 0.3 is 0 Å². The molecule has 0 heterocycles. The maximum atomic E-state index is 6.43. The van der Waals surface area contributed by atoms with Crippen molar-refractivity contribution < 1.29 is 0 Å². The smallest absolute Gasteiger partial charge is 0.0151 e. The van der Waals surface area contributed by atoms with Gasteiger partial charge in [0.05, 0.1) is 0 Å². The molecule has 0 radical (unpaired) electrons. The molecule has 2 unspecified atom stereocenters. The molecule has 0 amide bonds. The molecule has 1 fully saturated rings. The second-order valence-corrected chi connectivity index (χ2v) is 5.67. The molecule has 15 heavy (non-hydrogen) atoms. The van der Waals surface area contributed by atoms with Crippen LogP contribution >= 0.6 is 0 Å². The molecule has 0 aromatic carbocycles. The van der Waals surface area contributed by atoms with Crippen molar-refractivity contribution in [1.82, 2.24) is 0 Å². The Morgan fingerprint density at radius 2 is 1.53 bits per heavy atom. The third kappa shape index (κ3) is 5.01. The predicted molar refractivity (Wildman–Crippen MR) is 67.9 cm³/mol. The highest BCUT2D eigenvalue weighted by Gasteiger charge is 2.21. The van der Waals surface area contributed by atoms with Gasteiger partial charge in [0.15, 0.2) is 0 Å². The van der Waals surface area contributed by atoms with E-state index in [0.717, 1.165) is 12.3 Å². The van der Waals surface area contributed by atoms with Gasteiger partial charge in [-0.2, -0.15) is 0 Å². The van der Waals surface area contributed by atoms with Gasteiger partial charge in [-0.05, 0) is 25.2 Å². The first kappa shape index (κ1) is 13.0. The monoisotopic (exact) mass is 211 g/mol. The van der Waals surface area contributed by atoms with E-state index in [4.69, 9.17) is 5.73 Å². The van der Waals surface area contributed by atoms with E-state index in [1.807, 2.05) is 0 Å². The Labute approximate surface area is 95.8 Å². The lowest BCUT2D eigenvalue weighted by atomic mass is 9.85. The molecule has 2 N–H and O–H groups in total. The van der Waals surface area contributed by atoms with Crippen molar-refractivity contribution in [2.75, 3.05) is 0 Å². The molecule has 0 spiro atoms. The summed E-state index contributed by atoms with van der Waals surface area (Å²) in [5.74, 6) is 0.942. The molecule has 1 nitrogen and oxygen atoms in total. The van der Waals surface area contributed by atoms with E-state index in [-0.39, 0.29) is 5.54 Å². The molecule has 2 atom stereocenters. The fourth-order valence-electron chi connectivity index (χ4n) is 2.74. The van der Waals surface area contributed by atoms with Crippen LogP contribution < -0.4 is 5.73 Å². The molecule has 0 bridgehead atoms. The second-order valence-electron chi connectivity index (χ2n) is 5.67. The van der Waals surface area contributed by atoms with Crippen LogP contribution in [0.5, 0.6) is 0 Å². The minimum absolute atomic E-state index is 0.160. The third-order valence-corrected chi connectivity index (χ3v) is 4.20. The van der Waals surface area contributed by atoms with E-state index in [0.29, 0.717) is 0 Å². The van der Waals surface area contributed by atoms with E-state index in [9.17, 15) is 0 Å². The Hall–Kier alpha value is -0.0400. The van der Waals surface area contributed by atoms with Crippen molar-refractivity contribution in [2.24, 2.45) is 11.7 Å². The maximum Gasteiger partial charge on any atom is 0.0151 e. The molecule has 90 valence electrons.